The van der Waals surface area contributed by atoms with Crippen LogP contribution in [0.25, 0.3) is 0 Å². The lowest BCUT2D eigenvalue weighted by Crippen LogP contribution is -2.04. The highest BCUT2D eigenvalue weighted by Crippen LogP contribution is 2.74. The van der Waals surface area contributed by atoms with Gasteiger partial charge in [0.25, 0.3) is 0 Å². The van der Waals surface area contributed by atoms with Gasteiger partial charge in [-0.2, -0.15) is 0 Å². The highest BCUT2D eigenvalue weighted by Gasteiger charge is 2.68. The maximum absolute atomic E-state index is 3.90. The van der Waals surface area contributed by atoms with Crippen LogP contribution in [0.3, 0.4) is 0 Å². The van der Waals surface area contributed by atoms with Crippen molar-refractivity contribution in [3.8, 4) is 0 Å². The Balaban J connectivity index is 2.48. The lowest BCUT2D eigenvalue weighted by Gasteiger charge is -2.11. The summed E-state index contributed by atoms with van der Waals surface area (Å²) < 4.78 is 2.58. The second-order valence-corrected chi connectivity index (χ2v) is 9.39. The molecular weight excluding hydrogens is 392 g/mol. The molecule has 0 bridgehead atoms. The van der Waals surface area contributed by atoms with Crippen LogP contribution in [-0.2, 0) is 4.32 Å². The molecule has 1 saturated carbocycles. The number of hydrogen-bond donors (Lipinski definition) is 0. The average Bonchev–Trinajstić information content (AvgIpc) is 2.45. The molecule has 2 rings (SSSR count). The zero-order chi connectivity index (χ0) is 10.7. The van der Waals surface area contributed by atoms with Gasteiger partial charge in [0.05, 0.1) is 11.9 Å². The van der Waals surface area contributed by atoms with Crippen molar-refractivity contribution in [1.29, 1.82) is 0 Å². The minimum absolute atomic E-state index is 0.154. The van der Waals surface area contributed by atoms with E-state index in [1.807, 2.05) is 0 Å². The van der Waals surface area contributed by atoms with E-state index in [0.717, 1.165) is 0 Å². The lowest BCUT2D eigenvalue weighted by molar-refractivity contribution is 0.568. The van der Waals surface area contributed by atoms with Crippen molar-refractivity contribution < 1.29 is 0 Å². The third-order valence-corrected chi connectivity index (χ3v) is 8.06. The molecule has 0 aromatic carbocycles. The molecule has 0 N–H and O–H groups in total. The fourth-order valence-electron chi connectivity index (χ4n) is 2.13. The molecule has 0 nitrogen and oxygen atoms in total. The molecule has 0 radical (unpaired) electrons. The second kappa shape index (κ2) is 3.31. The van der Waals surface area contributed by atoms with E-state index in [4.69, 9.17) is 0 Å². The van der Waals surface area contributed by atoms with Crippen LogP contribution >= 0.6 is 59.1 Å². The summed E-state index contributed by atoms with van der Waals surface area (Å²) in [5.41, 5.74) is 1.72. The highest BCUT2D eigenvalue weighted by atomic mass is 79.9. The first-order chi connectivity index (χ1) is 6.31. The predicted molar refractivity (Wildman–Crippen MR) is 73.3 cm³/mol. The SMILES string of the molecule is CC1C(C)(C)C1(Br)c1cc(Br)sc1Br. The van der Waals surface area contributed by atoms with E-state index in [1.54, 1.807) is 11.3 Å². The maximum atomic E-state index is 3.90. The minimum Gasteiger partial charge on any atom is -0.121 e. The molecule has 0 saturated heterocycles. The Morgan fingerprint density at radius 3 is 2.14 bits per heavy atom. The second-order valence-electron chi connectivity index (χ2n) is 4.39. The van der Waals surface area contributed by atoms with Crippen molar-refractivity contribution in [2.45, 2.75) is 25.1 Å². The van der Waals surface area contributed by atoms with E-state index in [2.05, 4.69) is 74.6 Å². The number of halogens is 3. The first-order valence-corrected chi connectivity index (χ1v) is 7.65. The first-order valence-electron chi connectivity index (χ1n) is 4.46. The summed E-state index contributed by atoms with van der Waals surface area (Å²) in [6.07, 6.45) is 0. The molecule has 1 aromatic heterocycles. The van der Waals surface area contributed by atoms with Gasteiger partial charge in [-0.25, -0.2) is 0 Å². The van der Waals surface area contributed by atoms with Gasteiger partial charge in [-0.3, -0.25) is 0 Å². The molecule has 0 amide bonds. The smallest absolute Gasteiger partial charge is 0.0757 e. The first kappa shape index (κ1) is 11.6. The molecule has 2 unspecified atom stereocenters. The number of thiophene rings is 1. The van der Waals surface area contributed by atoms with Gasteiger partial charge in [-0.15, -0.1) is 11.3 Å². The third-order valence-electron chi connectivity index (χ3n) is 3.58. The van der Waals surface area contributed by atoms with Crippen molar-refractivity contribution in [2.75, 3.05) is 0 Å². The standard InChI is InChI=1S/C10H11Br3S/c1-5-9(2,3)10(5,13)6-4-7(11)14-8(6)12/h4-5H,1-3H3. The van der Waals surface area contributed by atoms with Crippen molar-refractivity contribution in [1.82, 2.24) is 0 Å². The van der Waals surface area contributed by atoms with Gasteiger partial charge < -0.3 is 0 Å². The van der Waals surface area contributed by atoms with Crippen LogP contribution in [0.1, 0.15) is 26.3 Å². The minimum atomic E-state index is 0.154. The molecule has 0 spiro atoms. The van der Waals surface area contributed by atoms with E-state index >= 15 is 0 Å². The number of hydrogen-bond acceptors (Lipinski definition) is 1. The van der Waals surface area contributed by atoms with Crippen molar-refractivity contribution in [3.63, 3.8) is 0 Å². The van der Waals surface area contributed by atoms with Gasteiger partial charge in [0.15, 0.2) is 0 Å². The Morgan fingerprint density at radius 2 is 1.86 bits per heavy atom. The Kier molecular flexibility index (Phi) is 2.75. The molecule has 1 fully saturated rings. The van der Waals surface area contributed by atoms with E-state index in [1.165, 1.54) is 13.1 Å². The van der Waals surface area contributed by atoms with E-state index < -0.39 is 0 Å². The Labute approximate surface area is 114 Å². The van der Waals surface area contributed by atoms with Crippen molar-refractivity contribution in [2.24, 2.45) is 11.3 Å². The van der Waals surface area contributed by atoms with Gasteiger partial charge >= 0.3 is 0 Å². The molecule has 0 aliphatic heterocycles. The molecule has 1 aliphatic rings. The molecule has 1 aromatic rings. The zero-order valence-electron chi connectivity index (χ0n) is 8.20. The van der Waals surface area contributed by atoms with Crippen LogP contribution in [0.4, 0.5) is 0 Å². The summed E-state index contributed by atoms with van der Waals surface area (Å²) in [7, 11) is 0. The molecular formula is C10H11Br3S. The van der Waals surface area contributed by atoms with Crippen molar-refractivity contribution >= 4 is 59.1 Å². The summed E-state index contributed by atoms with van der Waals surface area (Å²) in [5, 5.41) is 0. The van der Waals surface area contributed by atoms with Gasteiger partial charge in [-0.1, -0.05) is 36.7 Å². The third kappa shape index (κ3) is 1.33. The molecule has 14 heavy (non-hydrogen) atoms. The van der Waals surface area contributed by atoms with Crippen LogP contribution in [0, 0.1) is 11.3 Å². The fourth-order valence-corrected chi connectivity index (χ4v) is 6.63. The number of alkyl halides is 1. The Bertz CT molecular complexity index is 383. The van der Waals surface area contributed by atoms with E-state index in [9.17, 15) is 0 Å². The summed E-state index contributed by atoms with van der Waals surface area (Å²) in [6, 6.07) is 2.22. The predicted octanol–water partition coefficient (Wildman–Crippen LogP) is 5.54. The fraction of sp³-hybridized carbons (Fsp3) is 0.600. The van der Waals surface area contributed by atoms with Crippen LogP contribution < -0.4 is 0 Å². The van der Waals surface area contributed by atoms with Gasteiger partial charge in [0.1, 0.15) is 0 Å². The molecule has 4 heteroatoms. The normalized spacial score (nSPS) is 34.6. The lowest BCUT2D eigenvalue weighted by atomic mass is 10.1. The van der Waals surface area contributed by atoms with Crippen molar-refractivity contribution in [3.05, 3.63) is 19.2 Å². The summed E-state index contributed by atoms with van der Waals surface area (Å²) >= 11 is 12.8. The van der Waals surface area contributed by atoms with Gasteiger partial charge in [0.2, 0.25) is 0 Å². The summed E-state index contributed by atoms with van der Waals surface area (Å²) in [6.45, 7) is 6.92. The monoisotopic (exact) mass is 400 g/mol. The van der Waals surface area contributed by atoms with Gasteiger partial charge in [-0.05, 0) is 54.8 Å². The topological polar surface area (TPSA) is 0 Å². The molecule has 1 heterocycles. The van der Waals surface area contributed by atoms with Gasteiger partial charge in [0, 0.05) is 0 Å². The molecule has 78 valence electrons. The van der Waals surface area contributed by atoms with E-state index in [0.29, 0.717) is 11.3 Å². The summed E-state index contributed by atoms with van der Waals surface area (Å²) in [4.78, 5) is 0. The zero-order valence-corrected chi connectivity index (χ0v) is 13.8. The highest BCUT2D eigenvalue weighted by molar-refractivity contribution is 9.12. The molecule has 1 aliphatic carbocycles. The average molecular weight is 403 g/mol. The van der Waals surface area contributed by atoms with Crippen LogP contribution in [-0.4, -0.2) is 0 Å². The quantitative estimate of drug-likeness (QED) is 0.541. The molecule has 2 atom stereocenters. The van der Waals surface area contributed by atoms with E-state index in [-0.39, 0.29) is 4.32 Å². The van der Waals surface area contributed by atoms with Crippen LogP contribution in [0.5, 0.6) is 0 Å². The number of rotatable bonds is 1. The van der Waals surface area contributed by atoms with Crippen LogP contribution in [0.2, 0.25) is 0 Å². The summed E-state index contributed by atoms with van der Waals surface area (Å²) in [5.74, 6) is 0.674. The maximum Gasteiger partial charge on any atom is 0.0757 e. The van der Waals surface area contributed by atoms with Crippen LogP contribution in [0.15, 0.2) is 13.6 Å². The largest absolute Gasteiger partial charge is 0.121 e. The Morgan fingerprint density at radius 1 is 1.36 bits per heavy atom. The Hall–Kier alpha value is 1.14.